The zero-order chi connectivity index (χ0) is 28.6. The minimum atomic E-state index is -0.485. The highest BCUT2D eigenvalue weighted by Crippen LogP contribution is 2.25. The Morgan fingerprint density at radius 1 is 0.805 bits per heavy atom. The molecule has 0 unspecified atom stereocenters. The third kappa shape index (κ3) is 6.76. The van der Waals surface area contributed by atoms with Crippen molar-refractivity contribution in [3.8, 4) is 16.9 Å². The van der Waals surface area contributed by atoms with E-state index >= 15 is 0 Å². The summed E-state index contributed by atoms with van der Waals surface area (Å²) < 4.78 is 1.78. The standard InChI is InChI=1S/C33H24N4O4/c38-31(20-14-24-8-7-13-30(22-24)37(40)41)25-15-18-28(19-16-25)34-32(39)21-17-27-23-36(29-11-5-2-6-12-29)35-33(27)26-9-3-1-4-10-26/h1-23H,(H,34,39)/b20-14+,21-17+. The van der Waals surface area contributed by atoms with Gasteiger partial charge in [0.15, 0.2) is 5.78 Å². The average molecular weight is 541 g/mol. The van der Waals surface area contributed by atoms with Gasteiger partial charge in [-0.25, -0.2) is 4.68 Å². The minimum Gasteiger partial charge on any atom is -0.323 e. The summed E-state index contributed by atoms with van der Waals surface area (Å²) in [6, 6.07) is 32.0. The van der Waals surface area contributed by atoms with Gasteiger partial charge in [-0.15, -0.1) is 0 Å². The molecule has 1 aromatic heterocycles. The number of rotatable bonds is 9. The fourth-order valence-electron chi connectivity index (χ4n) is 4.12. The van der Waals surface area contributed by atoms with E-state index < -0.39 is 4.92 Å². The molecule has 0 bridgehead atoms. The summed E-state index contributed by atoms with van der Waals surface area (Å²) in [4.78, 5) is 35.7. The lowest BCUT2D eigenvalue weighted by atomic mass is 10.1. The summed E-state index contributed by atoms with van der Waals surface area (Å²) in [7, 11) is 0. The molecule has 1 amide bonds. The summed E-state index contributed by atoms with van der Waals surface area (Å²) in [6.45, 7) is 0. The van der Waals surface area contributed by atoms with Crippen LogP contribution in [0.1, 0.15) is 21.5 Å². The van der Waals surface area contributed by atoms with Crippen molar-refractivity contribution in [1.29, 1.82) is 0 Å². The molecule has 0 spiro atoms. The highest BCUT2D eigenvalue weighted by Gasteiger charge is 2.11. The number of allylic oxidation sites excluding steroid dienone is 1. The first-order valence-corrected chi connectivity index (χ1v) is 12.7. The number of nitro groups is 1. The summed E-state index contributed by atoms with van der Waals surface area (Å²) >= 11 is 0. The van der Waals surface area contributed by atoms with Gasteiger partial charge in [0.1, 0.15) is 0 Å². The number of nitrogens with zero attached hydrogens (tertiary/aromatic N) is 3. The number of amides is 1. The third-order valence-electron chi connectivity index (χ3n) is 6.17. The van der Waals surface area contributed by atoms with Gasteiger partial charge < -0.3 is 5.32 Å². The minimum absolute atomic E-state index is 0.0462. The van der Waals surface area contributed by atoms with Gasteiger partial charge in [-0.05, 0) is 54.1 Å². The quantitative estimate of drug-likeness (QED) is 0.0938. The first kappa shape index (κ1) is 26.7. The molecule has 0 saturated carbocycles. The maximum Gasteiger partial charge on any atom is 0.270 e. The van der Waals surface area contributed by atoms with Crippen LogP contribution >= 0.6 is 0 Å². The first-order chi connectivity index (χ1) is 20.0. The van der Waals surface area contributed by atoms with E-state index in [9.17, 15) is 19.7 Å². The lowest BCUT2D eigenvalue weighted by molar-refractivity contribution is -0.384. The number of ketones is 1. The smallest absolute Gasteiger partial charge is 0.270 e. The molecule has 41 heavy (non-hydrogen) atoms. The van der Waals surface area contributed by atoms with Crippen molar-refractivity contribution in [3.05, 3.63) is 154 Å². The van der Waals surface area contributed by atoms with Gasteiger partial charge in [0.25, 0.3) is 5.69 Å². The van der Waals surface area contributed by atoms with Crippen LogP contribution in [0.2, 0.25) is 0 Å². The van der Waals surface area contributed by atoms with Crippen molar-refractivity contribution >= 4 is 35.2 Å². The van der Waals surface area contributed by atoms with Crippen LogP contribution in [-0.2, 0) is 4.79 Å². The maximum absolute atomic E-state index is 12.7. The van der Waals surface area contributed by atoms with Gasteiger partial charge in [-0.2, -0.15) is 5.10 Å². The largest absolute Gasteiger partial charge is 0.323 e. The topological polar surface area (TPSA) is 107 Å². The van der Waals surface area contributed by atoms with Crippen molar-refractivity contribution < 1.29 is 14.5 Å². The molecule has 0 aliphatic rings. The molecule has 0 saturated heterocycles. The molecule has 0 aliphatic carbocycles. The van der Waals surface area contributed by atoms with Crippen LogP contribution < -0.4 is 5.32 Å². The summed E-state index contributed by atoms with van der Waals surface area (Å²) in [6.07, 6.45) is 7.93. The van der Waals surface area contributed by atoms with E-state index in [1.165, 1.54) is 30.4 Å². The second kappa shape index (κ2) is 12.3. The van der Waals surface area contributed by atoms with Gasteiger partial charge in [-0.1, -0.05) is 66.7 Å². The van der Waals surface area contributed by atoms with E-state index in [0.717, 1.165) is 22.5 Å². The average Bonchev–Trinajstić information content (AvgIpc) is 3.45. The van der Waals surface area contributed by atoms with E-state index in [2.05, 4.69) is 5.32 Å². The van der Waals surface area contributed by atoms with Crippen LogP contribution in [0, 0.1) is 10.1 Å². The number of carbonyl (C=O) groups is 2. The van der Waals surface area contributed by atoms with Gasteiger partial charge in [0.2, 0.25) is 5.91 Å². The number of nitrogens with one attached hydrogen (secondary N) is 1. The predicted molar refractivity (Wildman–Crippen MR) is 160 cm³/mol. The number of nitro benzene ring substituents is 1. The van der Waals surface area contributed by atoms with Crippen molar-refractivity contribution in [1.82, 2.24) is 9.78 Å². The molecule has 1 heterocycles. The molecule has 8 heteroatoms. The number of anilines is 1. The number of hydrogen-bond donors (Lipinski definition) is 1. The van der Waals surface area contributed by atoms with Crippen LogP contribution in [0.15, 0.2) is 128 Å². The number of aromatic nitrogens is 2. The summed E-state index contributed by atoms with van der Waals surface area (Å²) in [5.41, 5.74) is 4.82. The second-order valence-corrected chi connectivity index (χ2v) is 9.03. The predicted octanol–water partition coefficient (Wildman–Crippen LogP) is 7.00. The highest BCUT2D eigenvalue weighted by molar-refractivity contribution is 6.07. The Balaban J connectivity index is 1.26. The van der Waals surface area contributed by atoms with Crippen molar-refractivity contribution in [2.24, 2.45) is 0 Å². The fourth-order valence-corrected chi connectivity index (χ4v) is 4.12. The normalized spacial score (nSPS) is 11.1. The number of para-hydroxylation sites is 1. The van der Waals surface area contributed by atoms with Gasteiger partial charge >= 0.3 is 0 Å². The number of benzene rings is 4. The molecule has 8 nitrogen and oxygen atoms in total. The molecular formula is C33H24N4O4. The van der Waals surface area contributed by atoms with Crippen molar-refractivity contribution in [2.45, 2.75) is 0 Å². The van der Waals surface area contributed by atoms with E-state index in [1.54, 1.807) is 47.2 Å². The number of non-ortho nitro benzene ring substituents is 1. The lowest BCUT2D eigenvalue weighted by Gasteiger charge is -2.03. The van der Waals surface area contributed by atoms with Crippen LogP contribution in [0.3, 0.4) is 0 Å². The molecule has 0 fully saturated rings. The summed E-state index contributed by atoms with van der Waals surface area (Å²) in [5, 5.41) is 18.5. The monoisotopic (exact) mass is 540 g/mol. The van der Waals surface area contributed by atoms with Crippen LogP contribution in [0.5, 0.6) is 0 Å². The third-order valence-corrected chi connectivity index (χ3v) is 6.17. The number of carbonyl (C=O) groups excluding carboxylic acids is 2. The van der Waals surface area contributed by atoms with Crippen LogP contribution in [0.4, 0.5) is 11.4 Å². The van der Waals surface area contributed by atoms with Gasteiger partial charge in [0.05, 0.1) is 16.3 Å². The Labute approximate surface area is 236 Å². The number of hydrogen-bond acceptors (Lipinski definition) is 5. The van der Waals surface area contributed by atoms with Crippen molar-refractivity contribution in [3.63, 3.8) is 0 Å². The Hall–Kier alpha value is -5.89. The first-order valence-electron chi connectivity index (χ1n) is 12.7. The van der Waals surface area contributed by atoms with Gasteiger partial charge in [-0.3, -0.25) is 19.7 Å². The Kier molecular flexibility index (Phi) is 8.02. The molecule has 1 N–H and O–H groups in total. The van der Waals surface area contributed by atoms with E-state index in [4.69, 9.17) is 5.10 Å². The molecule has 0 radical (unpaired) electrons. The Morgan fingerprint density at radius 3 is 2.22 bits per heavy atom. The molecule has 4 aromatic carbocycles. The fraction of sp³-hybridized carbons (Fsp3) is 0. The van der Waals surface area contributed by atoms with E-state index in [1.807, 2.05) is 66.9 Å². The molecule has 0 atom stereocenters. The SMILES string of the molecule is O=C(/C=C/c1cn(-c2ccccc2)nc1-c1ccccc1)Nc1ccc(C(=O)/C=C/c2cccc([N+](=O)[O-])c2)cc1. The van der Waals surface area contributed by atoms with Crippen LogP contribution in [0.25, 0.3) is 29.1 Å². The lowest BCUT2D eigenvalue weighted by Crippen LogP contribution is -2.08. The Morgan fingerprint density at radius 2 is 1.51 bits per heavy atom. The van der Waals surface area contributed by atoms with E-state index in [0.29, 0.717) is 16.8 Å². The zero-order valence-corrected chi connectivity index (χ0v) is 21.8. The molecule has 200 valence electrons. The maximum atomic E-state index is 12.7. The molecule has 5 rings (SSSR count). The van der Waals surface area contributed by atoms with E-state index in [-0.39, 0.29) is 17.4 Å². The van der Waals surface area contributed by atoms with Crippen LogP contribution in [-0.4, -0.2) is 26.4 Å². The second-order valence-electron chi connectivity index (χ2n) is 9.03. The molecular weight excluding hydrogens is 516 g/mol. The molecule has 5 aromatic rings. The van der Waals surface area contributed by atoms with Gasteiger partial charge in [0, 0.05) is 46.8 Å². The summed E-state index contributed by atoms with van der Waals surface area (Å²) in [5.74, 6) is -0.598. The zero-order valence-electron chi connectivity index (χ0n) is 21.8. The Bertz CT molecular complexity index is 1760. The molecule has 0 aliphatic heterocycles. The highest BCUT2D eigenvalue weighted by atomic mass is 16.6. The van der Waals surface area contributed by atoms with Crippen molar-refractivity contribution in [2.75, 3.05) is 5.32 Å².